The molecule has 130 valence electrons. The maximum absolute atomic E-state index is 11.8. The maximum atomic E-state index is 11.8. The second-order valence-corrected chi connectivity index (χ2v) is 6.11. The second kappa shape index (κ2) is 9.58. The molecule has 0 unspecified atom stereocenters. The Balaban J connectivity index is 2.07. The van der Waals surface area contributed by atoms with Gasteiger partial charge in [-0.25, -0.2) is 10.2 Å². The van der Waals surface area contributed by atoms with Crippen molar-refractivity contribution in [3.05, 3.63) is 70.2 Å². The second-order valence-electron chi connectivity index (χ2n) is 5.20. The Morgan fingerprint density at radius 1 is 1.00 bits per heavy atom. The standard InChI is InChI=1S/C18H18BrN3O3/c19-15-10-8-14(9-11-15)17(13-5-2-1-3-6-13)21-22-18(25)20-12-4-7-16(23)24/h1-3,5-6,8-11H,4,7,12H2,(H,23,24)(H2,20,22,25)/b21-17+. The summed E-state index contributed by atoms with van der Waals surface area (Å²) in [6.45, 7) is 0.270. The zero-order valence-electron chi connectivity index (χ0n) is 13.4. The molecule has 3 N–H and O–H groups in total. The van der Waals surface area contributed by atoms with Gasteiger partial charge in [0.1, 0.15) is 0 Å². The molecule has 0 aliphatic heterocycles. The van der Waals surface area contributed by atoms with Crippen LogP contribution in [0.25, 0.3) is 0 Å². The number of carbonyl (C=O) groups is 2. The predicted octanol–water partition coefficient (Wildman–Crippen LogP) is 3.37. The van der Waals surface area contributed by atoms with Crippen LogP contribution in [0, 0.1) is 0 Å². The molecule has 0 saturated carbocycles. The number of halogens is 1. The molecule has 2 aromatic rings. The minimum atomic E-state index is -0.887. The zero-order valence-corrected chi connectivity index (χ0v) is 15.0. The molecule has 0 bridgehead atoms. The molecule has 0 atom stereocenters. The topological polar surface area (TPSA) is 90.8 Å². The summed E-state index contributed by atoms with van der Waals surface area (Å²) in [5.41, 5.74) is 4.83. The predicted molar refractivity (Wildman–Crippen MR) is 99.6 cm³/mol. The van der Waals surface area contributed by atoms with Gasteiger partial charge in [-0.15, -0.1) is 0 Å². The molecule has 2 aromatic carbocycles. The first-order valence-corrected chi connectivity index (χ1v) is 8.50. The van der Waals surface area contributed by atoms with E-state index >= 15 is 0 Å². The van der Waals surface area contributed by atoms with Gasteiger partial charge < -0.3 is 10.4 Å². The Kier molecular flexibility index (Phi) is 7.16. The van der Waals surface area contributed by atoms with E-state index in [1.54, 1.807) is 0 Å². The van der Waals surface area contributed by atoms with Crippen molar-refractivity contribution in [1.29, 1.82) is 0 Å². The van der Waals surface area contributed by atoms with Gasteiger partial charge in [0.25, 0.3) is 0 Å². The van der Waals surface area contributed by atoms with Gasteiger partial charge in [-0.05, 0) is 18.6 Å². The lowest BCUT2D eigenvalue weighted by Gasteiger charge is -2.09. The third-order valence-electron chi connectivity index (χ3n) is 3.29. The first-order chi connectivity index (χ1) is 12.1. The third kappa shape index (κ3) is 6.39. The smallest absolute Gasteiger partial charge is 0.335 e. The average molecular weight is 404 g/mol. The van der Waals surface area contributed by atoms with Gasteiger partial charge in [-0.2, -0.15) is 5.10 Å². The van der Waals surface area contributed by atoms with Crippen LogP contribution in [0.3, 0.4) is 0 Å². The average Bonchev–Trinajstić information content (AvgIpc) is 2.61. The van der Waals surface area contributed by atoms with Crippen molar-refractivity contribution in [1.82, 2.24) is 10.7 Å². The number of urea groups is 1. The molecule has 25 heavy (non-hydrogen) atoms. The van der Waals surface area contributed by atoms with E-state index in [4.69, 9.17) is 5.11 Å². The number of nitrogens with zero attached hydrogens (tertiary/aromatic N) is 1. The van der Waals surface area contributed by atoms with Crippen LogP contribution in [0.2, 0.25) is 0 Å². The Hall–Kier alpha value is -2.67. The van der Waals surface area contributed by atoms with Crippen LogP contribution in [0.15, 0.2) is 64.2 Å². The Bertz CT molecular complexity index is 746. The van der Waals surface area contributed by atoms with Crippen LogP contribution >= 0.6 is 15.9 Å². The van der Waals surface area contributed by atoms with Gasteiger partial charge in [0.05, 0.1) is 5.71 Å². The van der Waals surface area contributed by atoms with E-state index in [9.17, 15) is 9.59 Å². The first kappa shape index (κ1) is 18.7. The number of carboxylic acid groups (broad SMARTS) is 1. The van der Waals surface area contributed by atoms with E-state index < -0.39 is 12.0 Å². The number of carbonyl (C=O) groups excluding carboxylic acids is 1. The summed E-state index contributed by atoms with van der Waals surface area (Å²) < 4.78 is 0.952. The van der Waals surface area contributed by atoms with Gasteiger partial charge in [-0.3, -0.25) is 4.79 Å². The summed E-state index contributed by atoms with van der Waals surface area (Å²) in [6, 6.07) is 16.7. The lowest BCUT2D eigenvalue weighted by molar-refractivity contribution is -0.137. The van der Waals surface area contributed by atoms with Gasteiger partial charge in [0.2, 0.25) is 0 Å². The molecule has 7 heteroatoms. The fourth-order valence-electron chi connectivity index (χ4n) is 2.09. The van der Waals surface area contributed by atoms with E-state index in [2.05, 4.69) is 31.8 Å². The molecule has 6 nitrogen and oxygen atoms in total. The molecule has 0 heterocycles. The number of nitrogens with one attached hydrogen (secondary N) is 2. The normalized spacial score (nSPS) is 11.0. The van der Waals surface area contributed by atoms with Crippen molar-refractivity contribution >= 4 is 33.6 Å². The summed E-state index contributed by atoms with van der Waals surface area (Å²) >= 11 is 3.40. The Morgan fingerprint density at radius 3 is 2.28 bits per heavy atom. The van der Waals surface area contributed by atoms with Crippen molar-refractivity contribution in [2.75, 3.05) is 6.54 Å². The molecule has 0 fully saturated rings. The highest BCUT2D eigenvalue weighted by Gasteiger charge is 2.08. The minimum Gasteiger partial charge on any atom is -0.481 e. The summed E-state index contributed by atoms with van der Waals surface area (Å²) in [7, 11) is 0. The summed E-state index contributed by atoms with van der Waals surface area (Å²) in [4.78, 5) is 22.3. The van der Waals surface area contributed by atoms with Crippen molar-refractivity contribution in [2.24, 2.45) is 5.10 Å². The lowest BCUT2D eigenvalue weighted by atomic mass is 10.0. The van der Waals surface area contributed by atoms with Crippen LogP contribution in [0.4, 0.5) is 4.79 Å². The summed E-state index contributed by atoms with van der Waals surface area (Å²) in [5, 5.41) is 15.4. The molecule has 0 aromatic heterocycles. The number of benzene rings is 2. The largest absolute Gasteiger partial charge is 0.481 e. The van der Waals surface area contributed by atoms with Crippen LogP contribution in [0.5, 0.6) is 0 Å². The monoisotopic (exact) mass is 403 g/mol. The van der Waals surface area contributed by atoms with E-state index in [-0.39, 0.29) is 13.0 Å². The molecular formula is C18H18BrN3O3. The van der Waals surface area contributed by atoms with Gasteiger partial charge in [0, 0.05) is 28.6 Å². The fourth-order valence-corrected chi connectivity index (χ4v) is 2.35. The van der Waals surface area contributed by atoms with E-state index in [1.165, 1.54) is 0 Å². The van der Waals surface area contributed by atoms with E-state index in [0.717, 1.165) is 15.6 Å². The van der Waals surface area contributed by atoms with Crippen molar-refractivity contribution in [3.8, 4) is 0 Å². The fraction of sp³-hybridized carbons (Fsp3) is 0.167. The number of hydrazone groups is 1. The summed E-state index contributed by atoms with van der Waals surface area (Å²) in [5.74, 6) is -0.887. The maximum Gasteiger partial charge on any atom is 0.335 e. The molecule has 0 aliphatic carbocycles. The lowest BCUT2D eigenvalue weighted by Crippen LogP contribution is -2.34. The molecular weight excluding hydrogens is 386 g/mol. The molecule has 2 rings (SSSR count). The van der Waals surface area contributed by atoms with Crippen molar-refractivity contribution < 1.29 is 14.7 Å². The highest BCUT2D eigenvalue weighted by molar-refractivity contribution is 9.10. The molecule has 2 amide bonds. The van der Waals surface area contributed by atoms with Crippen molar-refractivity contribution in [3.63, 3.8) is 0 Å². The van der Waals surface area contributed by atoms with Gasteiger partial charge in [-0.1, -0.05) is 58.4 Å². The van der Waals surface area contributed by atoms with Gasteiger partial charge >= 0.3 is 12.0 Å². The SMILES string of the molecule is O=C(O)CCCNC(=O)N/N=C(\c1ccccc1)c1ccc(Br)cc1. The molecule has 0 radical (unpaired) electrons. The highest BCUT2D eigenvalue weighted by Crippen LogP contribution is 2.15. The van der Waals surface area contributed by atoms with Crippen LogP contribution in [-0.2, 0) is 4.79 Å². The van der Waals surface area contributed by atoms with E-state index in [0.29, 0.717) is 12.1 Å². The molecule has 0 aliphatic rings. The Labute approximate surface area is 154 Å². The quantitative estimate of drug-likeness (QED) is 0.376. The molecule has 0 spiro atoms. The van der Waals surface area contributed by atoms with Crippen LogP contribution < -0.4 is 10.7 Å². The number of amides is 2. The first-order valence-electron chi connectivity index (χ1n) is 7.71. The summed E-state index contributed by atoms with van der Waals surface area (Å²) in [6.07, 6.45) is 0.377. The van der Waals surface area contributed by atoms with Gasteiger partial charge in [0.15, 0.2) is 0 Å². The molecule has 0 saturated heterocycles. The Morgan fingerprint density at radius 2 is 1.64 bits per heavy atom. The van der Waals surface area contributed by atoms with Crippen LogP contribution in [0.1, 0.15) is 24.0 Å². The number of hydrogen-bond donors (Lipinski definition) is 3. The van der Waals surface area contributed by atoms with E-state index in [1.807, 2.05) is 54.6 Å². The minimum absolute atomic E-state index is 0.0116. The number of rotatable bonds is 7. The number of carboxylic acids is 1. The number of hydrogen-bond acceptors (Lipinski definition) is 3. The third-order valence-corrected chi connectivity index (χ3v) is 3.82. The van der Waals surface area contributed by atoms with Crippen LogP contribution in [-0.4, -0.2) is 29.4 Å². The zero-order chi connectivity index (χ0) is 18.1. The highest BCUT2D eigenvalue weighted by atomic mass is 79.9. The number of aliphatic carboxylic acids is 1. The van der Waals surface area contributed by atoms with Crippen molar-refractivity contribution in [2.45, 2.75) is 12.8 Å².